The van der Waals surface area contributed by atoms with Crippen LogP contribution in [0.4, 0.5) is 5.69 Å². The number of aryl methyl sites for hydroxylation is 1. The lowest BCUT2D eigenvalue weighted by molar-refractivity contribution is -0.141. The van der Waals surface area contributed by atoms with Crippen molar-refractivity contribution < 1.29 is 14.3 Å². The van der Waals surface area contributed by atoms with Gasteiger partial charge in [0.05, 0.1) is 11.5 Å². The Morgan fingerprint density at radius 1 is 1.04 bits per heavy atom. The van der Waals surface area contributed by atoms with Crippen molar-refractivity contribution >= 4 is 45.3 Å². The average molecular weight is 408 g/mol. The summed E-state index contributed by atoms with van der Waals surface area (Å²) in [6, 6.07) is 15.1. The van der Waals surface area contributed by atoms with Gasteiger partial charge in [-0.3, -0.25) is 9.59 Å². The Morgan fingerprint density at radius 3 is 2.38 bits per heavy atom. The van der Waals surface area contributed by atoms with E-state index in [-0.39, 0.29) is 30.0 Å². The van der Waals surface area contributed by atoms with Crippen LogP contribution >= 0.6 is 27.7 Å². The first-order valence-electron chi connectivity index (χ1n) is 7.37. The highest BCUT2D eigenvalue weighted by Gasteiger charge is 2.07. The second-order valence-electron chi connectivity index (χ2n) is 5.19. The molecule has 6 heteroatoms. The predicted molar refractivity (Wildman–Crippen MR) is 101 cm³/mol. The monoisotopic (exact) mass is 407 g/mol. The van der Waals surface area contributed by atoms with Crippen molar-refractivity contribution in [2.75, 3.05) is 16.8 Å². The first-order chi connectivity index (χ1) is 11.5. The highest BCUT2D eigenvalue weighted by molar-refractivity contribution is 9.10. The fraction of sp³-hybridized carbons (Fsp3) is 0.222. The van der Waals surface area contributed by atoms with E-state index in [0.29, 0.717) is 0 Å². The summed E-state index contributed by atoms with van der Waals surface area (Å²) in [5.74, 6) is -0.102. The number of amides is 1. The molecule has 2 rings (SSSR count). The van der Waals surface area contributed by atoms with Crippen LogP contribution in [0.25, 0.3) is 0 Å². The van der Waals surface area contributed by atoms with Crippen LogP contribution in [0, 0.1) is 6.92 Å². The zero-order valence-electron chi connectivity index (χ0n) is 13.3. The number of thioether (sulfide) groups is 1. The zero-order chi connectivity index (χ0) is 17.4. The molecule has 0 aliphatic rings. The lowest BCUT2D eigenvalue weighted by Gasteiger charge is -2.06. The molecule has 24 heavy (non-hydrogen) atoms. The number of rotatable bonds is 7. The molecule has 2 aromatic carbocycles. The number of halogens is 1. The molecule has 0 unspecified atom stereocenters. The molecule has 0 spiro atoms. The van der Waals surface area contributed by atoms with Crippen LogP contribution in [0.3, 0.4) is 0 Å². The van der Waals surface area contributed by atoms with Gasteiger partial charge in [-0.2, -0.15) is 0 Å². The summed E-state index contributed by atoms with van der Waals surface area (Å²) in [5.41, 5.74) is 2.81. The highest BCUT2D eigenvalue weighted by Crippen LogP contribution is 2.12. The number of benzene rings is 2. The van der Waals surface area contributed by atoms with E-state index in [4.69, 9.17) is 4.74 Å². The van der Waals surface area contributed by atoms with Crippen LogP contribution < -0.4 is 5.32 Å². The molecule has 2 aromatic rings. The third-order valence-corrected chi connectivity index (χ3v) is 4.54. The second-order valence-corrected chi connectivity index (χ2v) is 7.10. The Kier molecular flexibility index (Phi) is 7.34. The molecule has 0 saturated carbocycles. The minimum atomic E-state index is -0.328. The molecular weight excluding hydrogens is 390 g/mol. The topological polar surface area (TPSA) is 55.4 Å². The smallest absolute Gasteiger partial charge is 0.316 e. The fourth-order valence-electron chi connectivity index (χ4n) is 1.85. The van der Waals surface area contributed by atoms with Crippen molar-refractivity contribution in [2.45, 2.75) is 13.5 Å². The van der Waals surface area contributed by atoms with Crippen molar-refractivity contribution in [1.29, 1.82) is 0 Å². The van der Waals surface area contributed by atoms with Gasteiger partial charge in [-0.25, -0.2) is 0 Å². The Labute approximate surface area is 154 Å². The van der Waals surface area contributed by atoms with Gasteiger partial charge >= 0.3 is 5.97 Å². The molecule has 0 heterocycles. The molecule has 0 saturated heterocycles. The number of carbonyl (C=O) groups is 2. The van der Waals surface area contributed by atoms with E-state index in [2.05, 4.69) is 21.2 Å². The minimum absolute atomic E-state index is 0.135. The number of nitrogens with one attached hydrogen (secondary N) is 1. The molecule has 0 aliphatic heterocycles. The largest absolute Gasteiger partial charge is 0.460 e. The van der Waals surface area contributed by atoms with Crippen molar-refractivity contribution in [3.63, 3.8) is 0 Å². The van der Waals surface area contributed by atoms with Gasteiger partial charge in [0.1, 0.15) is 6.61 Å². The summed E-state index contributed by atoms with van der Waals surface area (Å²) >= 11 is 4.59. The molecule has 4 nitrogen and oxygen atoms in total. The van der Waals surface area contributed by atoms with E-state index >= 15 is 0 Å². The molecule has 0 bridgehead atoms. The van der Waals surface area contributed by atoms with Gasteiger partial charge in [0.15, 0.2) is 0 Å². The van der Waals surface area contributed by atoms with Crippen LogP contribution in [0.15, 0.2) is 53.0 Å². The molecule has 0 radical (unpaired) electrons. The Morgan fingerprint density at radius 2 is 1.71 bits per heavy atom. The van der Waals surface area contributed by atoms with E-state index in [0.717, 1.165) is 21.3 Å². The van der Waals surface area contributed by atoms with Crippen LogP contribution in [-0.2, 0) is 20.9 Å². The fourth-order valence-corrected chi connectivity index (χ4v) is 2.72. The maximum Gasteiger partial charge on any atom is 0.316 e. The molecule has 1 N–H and O–H groups in total. The van der Waals surface area contributed by atoms with Crippen LogP contribution in [0.2, 0.25) is 0 Å². The lowest BCUT2D eigenvalue weighted by atomic mass is 10.2. The minimum Gasteiger partial charge on any atom is -0.460 e. The van der Waals surface area contributed by atoms with Gasteiger partial charge in [-0.15, -0.1) is 11.8 Å². The van der Waals surface area contributed by atoms with Crippen LogP contribution in [0.1, 0.15) is 11.1 Å². The summed E-state index contributed by atoms with van der Waals surface area (Å²) in [7, 11) is 0. The summed E-state index contributed by atoms with van der Waals surface area (Å²) in [4.78, 5) is 23.5. The van der Waals surface area contributed by atoms with E-state index in [9.17, 15) is 9.59 Å². The number of hydrogen-bond donors (Lipinski definition) is 1. The van der Waals surface area contributed by atoms with Gasteiger partial charge < -0.3 is 10.1 Å². The molecule has 0 aromatic heterocycles. The van der Waals surface area contributed by atoms with Crippen molar-refractivity contribution in [3.8, 4) is 0 Å². The summed E-state index contributed by atoms with van der Waals surface area (Å²) in [6.07, 6.45) is 0. The molecule has 0 fully saturated rings. The van der Waals surface area contributed by atoms with Gasteiger partial charge in [-0.1, -0.05) is 45.8 Å². The SMILES string of the molecule is Cc1ccc(NC(=O)CSCC(=O)OCc2ccc(Br)cc2)cc1. The van der Waals surface area contributed by atoms with E-state index in [1.165, 1.54) is 11.8 Å². The molecule has 0 atom stereocenters. The molecule has 126 valence electrons. The summed E-state index contributed by atoms with van der Waals surface area (Å²) < 4.78 is 6.15. The summed E-state index contributed by atoms with van der Waals surface area (Å²) in [5, 5.41) is 2.79. The second kappa shape index (κ2) is 9.49. The predicted octanol–water partition coefficient (Wildman–Crippen LogP) is 4.17. The molecule has 0 aliphatic carbocycles. The van der Waals surface area contributed by atoms with Crippen LogP contribution in [-0.4, -0.2) is 23.4 Å². The van der Waals surface area contributed by atoms with E-state index in [1.54, 1.807) is 0 Å². The maximum atomic E-state index is 11.8. The van der Waals surface area contributed by atoms with Gasteiger partial charge in [0.2, 0.25) is 5.91 Å². The number of carbonyl (C=O) groups excluding carboxylic acids is 2. The molecular formula is C18H18BrNO3S. The number of esters is 1. The maximum absolute atomic E-state index is 11.8. The lowest BCUT2D eigenvalue weighted by Crippen LogP contribution is -2.16. The van der Waals surface area contributed by atoms with Gasteiger partial charge in [-0.05, 0) is 36.8 Å². The van der Waals surface area contributed by atoms with Crippen molar-refractivity contribution in [3.05, 3.63) is 64.1 Å². The number of anilines is 1. The normalized spacial score (nSPS) is 10.2. The standard InChI is InChI=1S/C18H18BrNO3S/c1-13-2-8-16(9-3-13)20-17(21)11-24-12-18(22)23-10-14-4-6-15(19)7-5-14/h2-9H,10-12H2,1H3,(H,20,21). The first kappa shape index (κ1) is 18.5. The van der Waals surface area contributed by atoms with Crippen molar-refractivity contribution in [1.82, 2.24) is 0 Å². The van der Waals surface area contributed by atoms with Crippen LogP contribution in [0.5, 0.6) is 0 Å². The quantitative estimate of drug-likeness (QED) is 0.699. The Bertz CT molecular complexity index is 686. The van der Waals surface area contributed by atoms with E-state index in [1.807, 2.05) is 55.5 Å². The summed E-state index contributed by atoms with van der Waals surface area (Å²) in [6.45, 7) is 2.23. The van der Waals surface area contributed by atoms with Crippen molar-refractivity contribution in [2.24, 2.45) is 0 Å². The molecule has 1 amide bonds. The third-order valence-electron chi connectivity index (χ3n) is 3.10. The third kappa shape index (κ3) is 6.76. The first-order valence-corrected chi connectivity index (χ1v) is 9.32. The van der Waals surface area contributed by atoms with Gasteiger partial charge in [0.25, 0.3) is 0 Å². The Balaban J connectivity index is 1.63. The zero-order valence-corrected chi connectivity index (χ0v) is 15.7. The number of hydrogen-bond acceptors (Lipinski definition) is 4. The highest BCUT2D eigenvalue weighted by atomic mass is 79.9. The Hall–Kier alpha value is -1.79. The number of ether oxygens (including phenoxy) is 1. The van der Waals surface area contributed by atoms with Gasteiger partial charge in [0, 0.05) is 10.2 Å². The van der Waals surface area contributed by atoms with E-state index < -0.39 is 0 Å². The average Bonchev–Trinajstić information content (AvgIpc) is 2.56.